The summed E-state index contributed by atoms with van der Waals surface area (Å²) in [5.74, 6) is 2.58. The zero-order valence-corrected chi connectivity index (χ0v) is 35.1. The van der Waals surface area contributed by atoms with E-state index in [1.807, 2.05) is 58.4 Å². The molecule has 0 unspecified atom stereocenters. The zero-order chi connectivity index (χ0) is 37.5. The van der Waals surface area contributed by atoms with E-state index in [9.17, 15) is 0 Å². The van der Waals surface area contributed by atoms with Crippen molar-refractivity contribution >= 4 is 58.4 Å². The van der Waals surface area contributed by atoms with Gasteiger partial charge >= 0.3 is 0 Å². The Labute approximate surface area is 346 Å². The fourth-order valence-corrected chi connectivity index (χ4v) is 11.8. The molecule has 0 aromatic carbocycles. The number of rotatable bonds is 10. The van der Waals surface area contributed by atoms with E-state index in [2.05, 4.69) is 183 Å². The molecule has 0 saturated carbocycles. The number of hydrogen-bond acceptors (Lipinski definition) is 5. The molecule has 0 bridgehead atoms. The van der Waals surface area contributed by atoms with E-state index in [0.717, 1.165) is 0 Å². The van der Waals surface area contributed by atoms with Crippen LogP contribution in [0.15, 0.2) is 177 Å². The molecule has 8 aliphatic carbocycles. The first-order valence-corrected chi connectivity index (χ1v) is 23.9. The highest BCUT2D eigenvalue weighted by Crippen LogP contribution is 2.54. The molecule has 0 atom stereocenters. The van der Waals surface area contributed by atoms with Crippen molar-refractivity contribution in [3.05, 3.63) is 202 Å². The SMILES string of the molecule is CSc1cc([C+](c2ccc([C+](c3cc(SC)c4cccccc3-4)c3cc(SC)c4cccccc3-4)s2)c2cc(SC)c3cccccc2-3)c2cccccc1-2. The maximum atomic E-state index is 2.43. The fourth-order valence-electron chi connectivity index (χ4n) is 8.06. The molecule has 0 fully saturated rings. The van der Waals surface area contributed by atoms with Crippen LogP contribution in [0.4, 0.5) is 0 Å². The molecule has 0 N–H and O–H groups in total. The Morgan fingerprint density at radius 3 is 0.782 bits per heavy atom. The van der Waals surface area contributed by atoms with Crippen LogP contribution in [0, 0.1) is 11.8 Å². The topological polar surface area (TPSA) is 0 Å². The first-order valence-electron chi connectivity index (χ1n) is 18.2. The molecule has 0 aliphatic heterocycles. The van der Waals surface area contributed by atoms with Gasteiger partial charge in [-0.3, -0.25) is 0 Å². The van der Waals surface area contributed by atoms with E-state index < -0.39 is 0 Å². The van der Waals surface area contributed by atoms with Gasteiger partial charge in [0.2, 0.25) is 0 Å². The monoisotopic (exact) mass is 798 g/mol. The predicted molar refractivity (Wildman–Crippen MR) is 245 cm³/mol. The van der Waals surface area contributed by atoms with Gasteiger partial charge in [0, 0.05) is 80.9 Å². The van der Waals surface area contributed by atoms with Crippen molar-refractivity contribution in [1.82, 2.24) is 0 Å². The maximum Gasteiger partial charge on any atom is 0.0996 e. The molecule has 0 radical (unpaired) electrons. The van der Waals surface area contributed by atoms with Crippen LogP contribution in [-0.4, -0.2) is 25.0 Å². The lowest BCUT2D eigenvalue weighted by molar-refractivity contribution is 1.29. The highest BCUT2D eigenvalue weighted by molar-refractivity contribution is 7.99. The van der Waals surface area contributed by atoms with Crippen molar-refractivity contribution in [1.29, 1.82) is 0 Å². The Kier molecular flexibility index (Phi) is 10.3. The molecule has 1 aromatic heterocycles. The summed E-state index contributed by atoms with van der Waals surface area (Å²) in [7, 11) is 0. The van der Waals surface area contributed by atoms with E-state index in [1.165, 1.54) is 108 Å². The van der Waals surface area contributed by atoms with Crippen LogP contribution in [0.5, 0.6) is 0 Å². The largest absolute Gasteiger partial charge is 0.121 e. The Morgan fingerprint density at radius 1 is 0.309 bits per heavy atom. The van der Waals surface area contributed by atoms with Gasteiger partial charge in [-0.1, -0.05) is 72.8 Å². The minimum atomic E-state index is 1.27. The number of thiophene rings is 1. The Balaban J connectivity index is 1.31. The quantitative estimate of drug-likeness (QED) is 0.0998. The van der Waals surface area contributed by atoms with Crippen molar-refractivity contribution in [2.75, 3.05) is 25.0 Å². The average molecular weight is 799 g/mol. The second kappa shape index (κ2) is 15.6. The predicted octanol–water partition coefficient (Wildman–Crippen LogP) is 15.1. The molecule has 1 heterocycles. The fraction of sp³-hybridized carbons (Fsp3) is 0.0800. The molecule has 0 amide bonds. The summed E-state index contributed by atoms with van der Waals surface area (Å²) >= 11 is 9.22. The highest BCUT2D eigenvalue weighted by atomic mass is 32.2. The minimum absolute atomic E-state index is 1.27. The lowest BCUT2D eigenvalue weighted by atomic mass is 9.86. The van der Waals surface area contributed by atoms with E-state index in [-0.39, 0.29) is 0 Å². The lowest BCUT2D eigenvalue weighted by Gasteiger charge is -2.13. The van der Waals surface area contributed by atoms with Gasteiger partial charge in [0.15, 0.2) is 0 Å². The molecule has 0 saturated heterocycles. The molecule has 1 aromatic rings. The van der Waals surface area contributed by atoms with Crippen LogP contribution in [-0.2, 0) is 0 Å². The number of fused-ring (bicyclic) bond motifs is 4. The first-order chi connectivity index (χ1) is 27.1. The Bertz CT molecular complexity index is 2290. The summed E-state index contributed by atoms with van der Waals surface area (Å²) in [6, 6.07) is 58.8. The third-order valence-electron chi connectivity index (χ3n) is 10.5. The zero-order valence-electron chi connectivity index (χ0n) is 31.1. The van der Waals surface area contributed by atoms with Crippen molar-refractivity contribution in [3.8, 4) is 44.5 Å². The van der Waals surface area contributed by atoms with E-state index in [4.69, 9.17) is 0 Å². The summed E-state index contributed by atoms with van der Waals surface area (Å²) in [6.45, 7) is 0. The van der Waals surface area contributed by atoms with Crippen LogP contribution in [0.3, 0.4) is 0 Å². The van der Waals surface area contributed by atoms with Gasteiger partial charge in [-0.15, -0.1) is 58.4 Å². The van der Waals surface area contributed by atoms with Gasteiger partial charge in [0.25, 0.3) is 0 Å². The molecule has 266 valence electrons. The van der Waals surface area contributed by atoms with Crippen molar-refractivity contribution < 1.29 is 0 Å². The minimum Gasteiger partial charge on any atom is -0.121 e. The molecule has 5 heteroatoms. The van der Waals surface area contributed by atoms with Gasteiger partial charge in [-0.2, -0.15) is 0 Å². The molecule has 55 heavy (non-hydrogen) atoms. The maximum absolute atomic E-state index is 2.43. The lowest BCUT2D eigenvalue weighted by Crippen LogP contribution is -2.03. The summed E-state index contributed by atoms with van der Waals surface area (Å²) in [5.41, 5.74) is 15.4. The van der Waals surface area contributed by atoms with Crippen molar-refractivity contribution in [2.45, 2.75) is 19.6 Å². The van der Waals surface area contributed by atoms with E-state index in [1.54, 1.807) is 0 Å². The third-order valence-corrected chi connectivity index (χ3v) is 14.8. The van der Waals surface area contributed by atoms with Crippen LogP contribution in [0.1, 0.15) is 32.0 Å². The highest BCUT2D eigenvalue weighted by Gasteiger charge is 2.40. The Hall–Kier alpha value is -4.36. The molecular formula is C50H38S5+2. The second-order valence-electron chi connectivity index (χ2n) is 13.4. The average Bonchev–Trinajstić information content (AvgIpc) is 3.85. The van der Waals surface area contributed by atoms with Crippen LogP contribution < -0.4 is 0 Å². The van der Waals surface area contributed by atoms with E-state index >= 15 is 0 Å². The van der Waals surface area contributed by atoms with E-state index in [0.29, 0.717) is 0 Å². The molecule has 0 nitrogen and oxygen atoms in total. The van der Waals surface area contributed by atoms with Crippen LogP contribution in [0.25, 0.3) is 44.5 Å². The van der Waals surface area contributed by atoms with Gasteiger partial charge in [-0.05, 0) is 73.6 Å². The summed E-state index contributed by atoms with van der Waals surface area (Å²) in [6.07, 6.45) is 8.78. The normalized spacial score (nSPS) is 11.6. The van der Waals surface area contributed by atoms with Gasteiger partial charge in [0.1, 0.15) is 0 Å². The summed E-state index contributed by atoms with van der Waals surface area (Å²) < 4.78 is 0. The van der Waals surface area contributed by atoms with Crippen LogP contribution >= 0.6 is 58.4 Å². The Morgan fingerprint density at radius 2 is 0.545 bits per heavy atom. The third kappa shape index (κ3) is 6.40. The number of thioether (sulfide) groups is 4. The van der Waals surface area contributed by atoms with Crippen molar-refractivity contribution in [2.24, 2.45) is 0 Å². The van der Waals surface area contributed by atoms with Gasteiger partial charge in [0.05, 0.1) is 63.4 Å². The molecule has 0 spiro atoms. The molecule has 9 rings (SSSR count). The molecule has 8 aliphatic rings. The first kappa shape index (κ1) is 36.3. The summed E-state index contributed by atoms with van der Waals surface area (Å²) in [5, 5.41) is 0. The standard InChI is InChI=1S/C50H38S5/c1-51-45-27-39(31-17-9-5-13-21-35(31)45)49(40-28-46(52-2)36-22-14-6-10-18-32(36)40)43-25-26-44(55-43)50(41-29-47(53-3)37-23-15-7-11-19-33(37)41)42-30-48(54-4)38-24-16-8-12-20-34(38)42/h5-30H,1-4H3/q+2. The summed E-state index contributed by atoms with van der Waals surface area (Å²) in [4.78, 5) is 7.74. The second-order valence-corrected chi connectivity index (χ2v) is 17.8. The number of hydrogen-bond donors (Lipinski definition) is 0. The molecular weight excluding hydrogens is 761 g/mol. The van der Waals surface area contributed by atoms with Crippen molar-refractivity contribution in [3.63, 3.8) is 0 Å². The smallest absolute Gasteiger partial charge is 0.0996 e. The van der Waals surface area contributed by atoms with Gasteiger partial charge < -0.3 is 0 Å². The van der Waals surface area contributed by atoms with Crippen LogP contribution in [0.2, 0.25) is 0 Å². The van der Waals surface area contributed by atoms with Gasteiger partial charge in [-0.25, -0.2) is 0 Å².